The Bertz CT molecular complexity index is 599. The standard InChI is InChI=1S/C14H21FN2O2S2/c1-3-16-10-12-8-13(15)11(2)14(9-12)21(18,19)17-4-6-20-7-5-17/h8-9,16H,3-7,10H2,1-2H3. The van der Waals surface area contributed by atoms with Gasteiger partial charge < -0.3 is 5.32 Å². The van der Waals surface area contributed by atoms with Gasteiger partial charge >= 0.3 is 0 Å². The van der Waals surface area contributed by atoms with Gasteiger partial charge in [-0.1, -0.05) is 6.92 Å². The molecule has 4 nitrogen and oxygen atoms in total. The Kier molecular flexibility index (Phi) is 5.65. The Morgan fingerprint density at radius 3 is 2.62 bits per heavy atom. The molecule has 21 heavy (non-hydrogen) atoms. The summed E-state index contributed by atoms with van der Waals surface area (Å²) in [5.41, 5.74) is 0.860. The predicted octanol–water partition coefficient (Wildman–Crippen LogP) is 1.98. The van der Waals surface area contributed by atoms with Crippen LogP contribution in [0, 0.1) is 12.7 Å². The molecule has 2 rings (SSSR count). The monoisotopic (exact) mass is 332 g/mol. The van der Waals surface area contributed by atoms with Crippen molar-refractivity contribution >= 4 is 21.8 Å². The van der Waals surface area contributed by atoms with Gasteiger partial charge in [-0.3, -0.25) is 0 Å². The van der Waals surface area contributed by atoms with E-state index >= 15 is 0 Å². The quantitative estimate of drug-likeness (QED) is 0.896. The Morgan fingerprint density at radius 1 is 1.33 bits per heavy atom. The molecular formula is C14H21FN2O2S2. The van der Waals surface area contributed by atoms with Crippen molar-refractivity contribution in [1.82, 2.24) is 9.62 Å². The number of sulfonamides is 1. The highest BCUT2D eigenvalue weighted by atomic mass is 32.2. The van der Waals surface area contributed by atoms with Crippen LogP contribution < -0.4 is 5.32 Å². The third-order valence-corrected chi connectivity index (χ3v) is 6.49. The highest BCUT2D eigenvalue weighted by Gasteiger charge is 2.28. The van der Waals surface area contributed by atoms with Crippen LogP contribution in [-0.4, -0.2) is 43.9 Å². The lowest BCUT2D eigenvalue weighted by molar-refractivity contribution is 0.442. The number of nitrogens with zero attached hydrogens (tertiary/aromatic N) is 1. The van der Waals surface area contributed by atoms with Crippen molar-refractivity contribution in [2.45, 2.75) is 25.3 Å². The summed E-state index contributed by atoms with van der Waals surface area (Å²) in [6, 6.07) is 3.00. The molecule has 0 bridgehead atoms. The van der Waals surface area contributed by atoms with E-state index < -0.39 is 15.8 Å². The number of nitrogens with one attached hydrogen (secondary N) is 1. The molecular weight excluding hydrogens is 311 g/mol. The van der Waals surface area contributed by atoms with Crippen LogP contribution in [-0.2, 0) is 16.6 Å². The summed E-state index contributed by atoms with van der Waals surface area (Å²) in [7, 11) is -3.61. The summed E-state index contributed by atoms with van der Waals surface area (Å²) in [5, 5.41) is 3.09. The summed E-state index contributed by atoms with van der Waals surface area (Å²) in [5.74, 6) is 1.12. The summed E-state index contributed by atoms with van der Waals surface area (Å²) in [6.45, 7) is 5.68. The van der Waals surface area contributed by atoms with E-state index in [-0.39, 0.29) is 10.5 Å². The van der Waals surface area contributed by atoms with E-state index in [0.29, 0.717) is 25.2 Å². The van der Waals surface area contributed by atoms with Gasteiger partial charge in [-0.15, -0.1) is 0 Å². The summed E-state index contributed by atoms with van der Waals surface area (Å²) in [6.07, 6.45) is 0. The lowest BCUT2D eigenvalue weighted by Gasteiger charge is -2.26. The van der Waals surface area contributed by atoms with E-state index in [1.807, 2.05) is 6.92 Å². The molecule has 0 unspecified atom stereocenters. The topological polar surface area (TPSA) is 49.4 Å². The zero-order chi connectivity index (χ0) is 15.5. The SMILES string of the molecule is CCNCc1cc(F)c(C)c(S(=O)(=O)N2CCSCC2)c1. The number of halogens is 1. The normalized spacial score (nSPS) is 17.1. The van der Waals surface area contributed by atoms with E-state index in [4.69, 9.17) is 0 Å². The van der Waals surface area contributed by atoms with Crippen LogP contribution >= 0.6 is 11.8 Å². The van der Waals surface area contributed by atoms with Crippen LogP contribution in [0.1, 0.15) is 18.1 Å². The van der Waals surface area contributed by atoms with Gasteiger partial charge in [0.1, 0.15) is 5.82 Å². The lowest BCUT2D eigenvalue weighted by Crippen LogP contribution is -2.38. The van der Waals surface area contributed by atoms with Crippen molar-refractivity contribution < 1.29 is 12.8 Å². The molecule has 0 amide bonds. The predicted molar refractivity (Wildman–Crippen MR) is 84.6 cm³/mol. The van der Waals surface area contributed by atoms with Gasteiger partial charge in [0.15, 0.2) is 0 Å². The van der Waals surface area contributed by atoms with Crippen LogP contribution in [0.3, 0.4) is 0 Å². The second-order valence-corrected chi connectivity index (χ2v) is 8.13. The first-order valence-electron chi connectivity index (χ1n) is 7.04. The first kappa shape index (κ1) is 16.7. The first-order chi connectivity index (χ1) is 9.96. The van der Waals surface area contributed by atoms with Crippen LogP contribution in [0.5, 0.6) is 0 Å². The minimum atomic E-state index is -3.61. The Balaban J connectivity index is 2.38. The third-order valence-electron chi connectivity index (χ3n) is 3.52. The largest absolute Gasteiger partial charge is 0.313 e. The molecule has 1 aliphatic heterocycles. The molecule has 1 fully saturated rings. The number of benzene rings is 1. The lowest BCUT2D eigenvalue weighted by atomic mass is 10.1. The Morgan fingerprint density at radius 2 is 2.00 bits per heavy atom. The zero-order valence-electron chi connectivity index (χ0n) is 12.4. The molecule has 0 aliphatic carbocycles. The van der Waals surface area contributed by atoms with Gasteiger partial charge in [0.25, 0.3) is 0 Å². The van der Waals surface area contributed by atoms with Crippen LogP contribution in [0.25, 0.3) is 0 Å². The maximum Gasteiger partial charge on any atom is 0.243 e. The average Bonchev–Trinajstić information content (AvgIpc) is 2.49. The van der Waals surface area contributed by atoms with Crippen LogP contribution in [0.2, 0.25) is 0 Å². The Labute approximate surface area is 130 Å². The minimum absolute atomic E-state index is 0.0994. The number of thioether (sulfide) groups is 1. The van der Waals surface area contributed by atoms with E-state index in [0.717, 1.165) is 18.1 Å². The van der Waals surface area contributed by atoms with Crippen LogP contribution in [0.4, 0.5) is 4.39 Å². The van der Waals surface area contributed by atoms with Crippen molar-refractivity contribution in [2.24, 2.45) is 0 Å². The van der Waals surface area contributed by atoms with Gasteiger partial charge in [0.2, 0.25) is 10.0 Å². The van der Waals surface area contributed by atoms with Gasteiger partial charge in [-0.25, -0.2) is 12.8 Å². The fraction of sp³-hybridized carbons (Fsp3) is 0.571. The molecule has 1 aromatic rings. The highest BCUT2D eigenvalue weighted by molar-refractivity contribution is 7.99. The number of hydrogen-bond donors (Lipinski definition) is 1. The smallest absolute Gasteiger partial charge is 0.243 e. The molecule has 0 aromatic heterocycles. The van der Waals surface area contributed by atoms with Gasteiger partial charge in [0.05, 0.1) is 4.90 Å². The molecule has 1 saturated heterocycles. The van der Waals surface area contributed by atoms with E-state index in [9.17, 15) is 12.8 Å². The number of hydrogen-bond acceptors (Lipinski definition) is 4. The fourth-order valence-corrected chi connectivity index (χ4v) is 5.13. The van der Waals surface area contributed by atoms with Crippen molar-refractivity contribution in [3.8, 4) is 0 Å². The summed E-state index contributed by atoms with van der Waals surface area (Å²) in [4.78, 5) is 0.0994. The maximum atomic E-state index is 14.0. The van der Waals surface area contributed by atoms with Crippen molar-refractivity contribution in [1.29, 1.82) is 0 Å². The van der Waals surface area contributed by atoms with Crippen molar-refractivity contribution in [3.63, 3.8) is 0 Å². The summed E-state index contributed by atoms with van der Waals surface area (Å²) >= 11 is 1.74. The molecule has 1 aliphatic rings. The average molecular weight is 332 g/mol. The third kappa shape index (κ3) is 3.77. The molecule has 1 N–H and O–H groups in total. The highest BCUT2D eigenvalue weighted by Crippen LogP contribution is 2.26. The molecule has 1 heterocycles. The summed E-state index contributed by atoms with van der Waals surface area (Å²) < 4.78 is 40.9. The zero-order valence-corrected chi connectivity index (χ0v) is 14.0. The molecule has 0 saturated carbocycles. The van der Waals surface area contributed by atoms with Gasteiger partial charge in [0, 0.05) is 36.7 Å². The molecule has 7 heteroatoms. The molecule has 1 aromatic carbocycles. The minimum Gasteiger partial charge on any atom is -0.313 e. The van der Waals surface area contributed by atoms with E-state index in [2.05, 4.69) is 5.32 Å². The maximum absolute atomic E-state index is 14.0. The van der Waals surface area contributed by atoms with Crippen molar-refractivity contribution in [3.05, 3.63) is 29.1 Å². The van der Waals surface area contributed by atoms with Crippen molar-refractivity contribution in [2.75, 3.05) is 31.1 Å². The second-order valence-electron chi connectivity index (χ2n) is 5.00. The fourth-order valence-electron chi connectivity index (χ4n) is 2.27. The number of rotatable bonds is 5. The van der Waals surface area contributed by atoms with E-state index in [1.54, 1.807) is 17.8 Å². The van der Waals surface area contributed by atoms with Gasteiger partial charge in [-0.2, -0.15) is 16.1 Å². The first-order valence-corrected chi connectivity index (χ1v) is 9.64. The second kappa shape index (κ2) is 7.09. The van der Waals surface area contributed by atoms with Gasteiger partial charge in [-0.05, 0) is 31.2 Å². The molecule has 118 valence electrons. The van der Waals surface area contributed by atoms with E-state index in [1.165, 1.54) is 17.3 Å². The molecule has 0 atom stereocenters. The Hall–Kier alpha value is -0.630. The molecule has 0 spiro atoms. The van der Waals surface area contributed by atoms with Crippen LogP contribution in [0.15, 0.2) is 17.0 Å². The molecule has 0 radical (unpaired) electrons.